The van der Waals surface area contributed by atoms with E-state index in [1.165, 1.54) is 18.2 Å². The van der Waals surface area contributed by atoms with Crippen LogP contribution in [0.2, 0.25) is 5.02 Å². The number of carbonyl (C=O) groups is 1. The molecule has 0 saturated heterocycles. The first-order chi connectivity index (χ1) is 12.4. The smallest absolute Gasteiger partial charge is 0.282 e. The molecule has 0 fully saturated rings. The van der Waals surface area contributed by atoms with E-state index in [0.29, 0.717) is 5.56 Å². The van der Waals surface area contributed by atoms with Gasteiger partial charge in [0.15, 0.2) is 0 Å². The fourth-order valence-electron chi connectivity index (χ4n) is 2.88. The van der Waals surface area contributed by atoms with E-state index in [0.717, 1.165) is 10.9 Å². The Morgan fingerprint density at radius 1 is 1.35 bits per heavy atom. The molecular weight excluding hydrogens is 358 g/mol. The molecule has 0 bridgehead atoms. The summed E-state index contributed by atoms with van der Waals surface area (Å²) in [5.41, 5.74) is 1.14. The largest absolute Gasteiger partial charge is 0.386 e. The highest BCUT2D eigenvalue weighted by molar-refractivity contribution is 6.31. The molecule has 0 aliphatic carbocycles. The summed E-state index contributed by atoms with van der Waals surface area (Å²) in [7, 11) is 1.87. The third kappa shape index (κ3) is 3.40. The number of rotatable bonds is 5. The molecule has 0 aliphatic heterocycles. The van der Waals surface area contributed by atoms with E-state index in [4.69, 9.17) is 11.6 Å². The highest BCUT2D eigenvalue weighted by Gasteiger charge is 2.22. The normalized spacial score (nSPS) is 12.1. The number of nitrogens with one attached hydrogen (secondary N) is 1. The Morgan fingerprint density at radius 3 is 2.81 bits per heavy atom. The molecule has 1 heterocycles. The maximum absolute atomic E-state index is 12.3. The highest BCUT2D eigenvalue weighted by atomic mass is 35.5. The molecule has 1 amide bonds. The van der Waals surface area contributed by atoms with Crippen molar-refractivity contribution in [2.75, 3.05) is 6.54 Å². The van der Waals surface area contributed by atoms with Crippen molar-refractivity contribution in [3.63, 3.8) is 0 Å². The summed E-state index contributed by atoms with van der Waals surface area (Å²) >= 11 is 5.84. The molecule has 1 atom stereocenters. The van der Waals surface area contributed by atoms with E-state index in [9.17, 15) is 20.0 Å². The monoisotopic (exact) mass is 373 g/mol. The van der Waals surface area contributed by atoms with Gasteiger partial charge in [-0.25, -0.2) is 0 Å². The van der Waals surface area contributed by atoms with Gasteiger partial charge in [0.05, 0.1) is 11.0 Å². The lowest BCUT2D eigenvalue weighted by atomic mass is 10.1. The standard InChI is InChI=1S/C18H16ClN3O4/c1-21-10-14(12-4-2-3-5-15(12)21)17(23)9-20-18(24)13-8-11(19)6-7-16(13)22(25)26/h2-8,10,17,23H,9H2,1H3,(H,20,24). The van der Waals surface area contributed by atoms with Crippen molar-refractivity contribution in [3.05, 3.63) is 74.9 Å². The van der Waals surface area contributed by atoms with Gasteiger partial charge in [-0.1, -0.05) is 29.8 Å². The Balaban J connectivity index is 1.79. The van der Waals surface area contributed by atoms with Gasteiger partial charge in [0.2, 0.25) is 0 Å². The van der Waals surface area contributed by atoms with Crippen LogP contribution >= 0.6 is 11.6 Å². The summed E-state index contributed by atoms with van der Waals surface area (Å²) in [5.74, 6) is -0.668. The number of fused-ring (bicyclic) bond motifs is 1. The number of nitro groups is 1. The van der Waals surface area contributed by atoms with Gasteiger partial charge < -0.3 is 15.0 Å². The van der Waals surface area contributed by atoms with Crippen molar-refractivity contribution in [3.8, 4) is 0 Å². The molecule has 2 aromatic carbocycles. The first-order valence-electron chi connectivity index (χ1n) is 7.82. The van der Waals surface area contributed by atoms with Gasteiger partial charge in [0.1, 0.15) is 5.56 Å². The molecule has 2 N–H and O–H groups in total. The van der Waals surface area contributed by atoms with E-state index in [2.05, 4.69) is 5.32 Å². The predicted molar refractivity (Wildman–Crippen MR) is 98.3 cm³/mol. The van der Waals surface area contributed by atoms with E-state index < -0.39 is 16.9 Å². The number of para-hydroxylation sites is 1. The molecule has 1 aromatic heterocycles. The number of aryl methyl sites for hydroxylation is 1. The summed E-state index contributed by atoms with van der Waals surface area (Å²) in [6, 6.07) is 11.3. The van der Waals surface area contributed by atoms with Gasteiger partial charge in [0, 0.05) is 47.3 Å². The highest BCUT2D eigenvalue weighted by Crippen LogP contribution is 2.26. The van der Waals surface area contributed by atoms with Crippen molar-refractivity contribution < 1.29 is 14.8 Å². The number of aliphatic hydroxyl groups excluding tert-OH is 1. The molecule has 1 unspecified atom stereocenters. The number of nitrogens with zero attached hydrogens (tertiary/aromatic N) is 2. The second-order valence-electron chi connectivity index (χ2n) is 5.86. The van der Waals surface area contributed by atoms with E-state index in [1.807, 2.05) is 35.9 Å². The summed E-state index contributed by atoms with van der Waals surface area (Å²) in [6.07, 6.45) is 0.840. The van der Waals surface area contributed by atoms with Crippen LogP contribution in [0.15, 0.2) is 48.7 Å². The average Bonchev–Trinajstić information content (AvgIpc) is 2.96. The maximum Gasteiger partial charge on any atom is 0.282 e. The van der Waals surface area contributed by atoms with Gasteiger partial charge in [-0.2, -0.15) is 0 Å². The Labute approximate surface area is 154 Å². The number of nitro benzene ring substituents is 1. The summed E-state index contributed by atoms with van der Waals surface area (Å²) in [6.45, 7) is -0.0868. The first-order valence-corrected chi connectivity index (χ1v) is 8.20. The van der Waals surface area contributed by atoms with E-state index in [-0.39, 0.29) is 22.8 Å². The zero-order chi connectivity index (χ0) is 18.8. The van der Waals surface area contributed by atoms with E-state index >= 15 is 0 Å². The Kier molecular flexibility index (Phi) is 4.92. The predicted octanol–water partition coefficient (Wildman–Crippen LogP) is 3.20. The molecular formula is C18H16ClN3O4. The summed E-state index contributed by atoms with van der Waals surface area (Å²) < 4.78 is 1.89. The second kappa shape index (κ2) is 7.15. The number of aliphatic hydroxyl groups is 1. The molecule has 3 aromatic rings. The fourth-order valence-corrected chi connectivity index (χ4v) is 3.05. The van der Waals surface area contributed by atoms with Gasteiger partial charge in [-0.15, -0.1) is 0 Å². The maximum atomic E-state index is 12.3. The van der Waals surface area contributed by atoms with Gasteiger partial charge in [-0.3, -0.25) is 14.9 Å². The van der Waals surface area contributed by atoms with E-state index in [1.54, 1.807) is 6.20 Å². The molecule has 7 nitrogen and oxygen atoms in total. The van der Waals surface area contributed by atoms with Crippen LogP contribution in [0.4, 0.5) is 5.69 Å². The van der Waals surface area contributed by atoms with Crippen molar-refractivity contribution in [2.45, 2.75) is 6.10 Å². The second-order valence-corrected chi connectivity index (χ2v) is 6.29. The minimum Gasteiger partial charge on any atom is -0.386 e. The molecule has 134 valence electrons. The van der Waals surface area contributed by atoms with Crippen molar-refractivity contribution in [1.82, 2.24) is 9.88 Å². The van der Waals surface area contributed by atoms with Gasteiger partial charge >= 0.3 is 0 Å². The average molecular weight is 374 g/mol. The lowest BCUT2D eigenvalue weighted by Gasteiger charge is -2.12. The number of halogens is 1. The number of hydrogen-bond donors (Lipinski definition) is 2. The summed E-state index contributed by atoms with van der Waals surface area (Å²) in [5, 5.41) is 25.2. The number of hydrogen-bond acceptors (Lipinski definition) is 4. The lowest BCUT2D eigenvalue weighted by molar-refractivity contribution is -0.385. The number of aromatic nitrogens is 1. The molecule has 8 heteroatoms. The van der Waals surface area contributed by atoms with Crippen LogP contribution in [-0.2, 0) is 7.05 Å². The van der Waals surface area contributed by atoms with Crippen LogP contribution in [0.5, 0.6) is 0 Å². The Morgan fingerprint density at radius 2 is 2.08 bits per heavy atom. The Hall–Kier alpha value is -2.90. The van der Waals surface area contributed by atoms with Crippen molar-refractivity contribution in [1.29, 1.82) is 0 Å². The van der Waals surface area contributed by atoms with Gasteiger partial charge in [-0.05, 0) is 18.2 Å². The van der Waals surface area contributed by atoms with Crippen molar-refractivity contribution >= 4 is 34.1 Å². The quantitative estimate of drug-likeness (QED) is 0.530. The molecule has 26 heavy (non-hydrogen) atoms. The summed E-state index contributed by atoms with van der Waals surface area (Å²) in [4.78, 5) is 22.8. The topological polar surface area (TPSA) is 97.4 Å². The lowest BCUT2D eigenvalue weighted by Crippen LogP contribution is -2.28. The van der Waals surface area contributed by atoms with Crippen LogP contribution < -0.4 is 5.32 Å². The molecule has 3 rings (SSSR count). The SMILES string of the molecule is Cn1cc(C(O)CNC(=O)c2cc(Cl)ccc2[N+](=O)[O-])c2ccccc21. The van der Waals surface area contributed by atoms with Crippen molar-refractivity contribution in [2.24, 2.45) is 7.05 Å². The number of carbonyl (C=O) groups excluding carboxylic acids is 1. The van der Waals surface area contributed by atoms with Crippen LogP contribution in [0, 0.1) is 10.1 Å². The molecule has 0 radical (unpaired) electrons. The molecule has 0 aliphatic rings. The minimum absolute atomic E-state index is 0.0868. The third-order valence-corrected chi connectivity index (χ3v) is 4.38. The zero-order valence-electron chi connectivity index (χ0n) is 13.8. The van der Waals surface area contributed by atoms with Crippen LogP contribution in [0.3, 0.4) is 0 Å². The zero-order valence-corrected chi connectivity index (χ0v) is 14.6. The number of amides is 1. The minimum atomic E-state index is -0.955. The fraction of sp³-hybridized carbons (Fsp3) is 0.167. The third-order valence-electron chi connectivity index (χ3n) is 4.14. The van der Waals surface area contributed by atoms with Crippen LogP contribution in [-0.4, -0.2) is 27.0 Å². The van der Waals surface area contributed by atoms with Gasteiger partial charge in [0.25, 0.3) is 11.6 Å². The molecule has 0 spiro atoms. The first kappa shape index (κ1) is 17.9. The Bertz CT molecular complexity index is 999. The van der Waals surface area contributed by atoms with Crippen LogP contribution in [0.25, 0.3) is 10.9 Å². The van der Waals surface area contributed by atoms with Crippen LogP contribution in [0.1, 0.15) is 22.0 Å². The molecule has 0 saturated carbocycles. The number of benzene rings is 2.